The van der Waals surface area contributed by atoms with Crippen molar-refractivity contribution in [3.63, 3.8) is 0 Å². The average molecular weight is 259 g/mol. The summed E-state index contributed by atoms with van der Waals surface area (Å²) in [5.41, 5.74) is 0. The predicted molar refractivity (Wildman–Crippen MR) is 52.8 cm³/mol. The molecule has 8 heteroatoms. The number of aliphatic carboxylic acids is 1. The third kappa shape index (κ3) is 11.4. The largest absolute Gasteiger partial charge is 0.480 e. The lowest BCUT2D eigenvalue weighted by Gasteiger charge is -2.19. The molecule has 0 saturated carbocycles. The van der Waals surface area contributed by atoms with Crippen molar-refractivity contribution in [3.8, 4) is 0 Å². The molecule has 0 saturated heterocycles. The fraction of sp³-hybridized carbons (Fsp3) is 0.889. The molecule has 0 atom stereocenters. The van der Waals surface area contributed by atoms with E-state index in [9.17, 15) is 18.0 Å². The lowest BCUT2D eigenvalue weighted by Crippen LogP contribution is -2.35. The van der Waals surface area contributed by atoms with Crippen LogP contribution in [-0.2, 0) is 14.3 Å². The molecule has 102 valence electrons. The van der Waals surface area contributed by atoms with Crippen LogP contribution in [-0.4, -0.2) is 68.7 Å². The van der Waals surface area contributed by atoms with Gasteiger partial charge in [0, 0.05) is 20.2 Å². The molecule has 1 N–H and O–H groups in total. The topological polar surface area (TPSA) is 59.0 Å². The molecule has 0 aliphatic rings. The molecule has 5 nitrogen and oxygen atoms in total. The third-order valence-corrected chi connectivity index (χ3v) is 1.79. The van der Waals surface area contributed by atoms with Gasteiger partial charge in [0.15, 0.2) is 0 Å². The van der Waals surface area contributed by atoms with E-state index in [1.807, 2.05) is 0 Å². The van der Waals surface area contributed by atoms with Crippen LogP contribution in [0.5, 0.6) is 0 Å². The van der Waals surface area contributed by atoms with Crippen molar-refractivity contribution in [3.05, 3.63) is 0 Å². The van der Waals surface area contributed by atoms with Gasteiger partial charge in [0.05, 0.1) is 19.8 Å². The van der Waals surface area contributed by atoms with E-state index < -0.39 is 18.8 Å². The van der Waals surface area contributed by atoms with Gasteiger partial charge in [-0.25, -0.2) is 0 Å². The number of hydrogen-bond acceptors (Lipinski definition) is 4. The molecule has 0 heterocycles. The predicted octanol–water partition coefficient (Wildman–Crippen LogP) is 0.598. The monoisotopic (exact) mass is 259 g/mol. The Kier molecular flexibility index (Phi) is 7.85. The number of carboxylic acids is 1. The Morgan fingerprint density at radius 2 is 1.88 bits per heavy atom. The maximum atomic E-state index is 11.7. The van der Waals surface area contributed by atoms with Crippen LogP contribution in [0.3, 0.4) is 0 Å². The van der Waals surface area contributed by atoms with Gasteiger partial charge in [-0.1, -0.05) is 0 Å². The molecule has 0 rings (SSSR count). The first-order valence-electron chi connectivity index (χ1n) is 4.92. The molecule has 0 fully saturated rings. The van der Waals surface area contributed by atoms with Crippen molar-refractivity contribution in [2.45, 2.75) is 6.18 Å². The van der Waals surface area contributed by atoms with Crippen molar-refractivity contribution in [1.29, 1.82) is 0 Å². The lowest BCUT2D eigenvalue weighted by atomic mass is 10.4. The molecular weight excluding hydrogens is 243 g/mol. The molecule has 0 amide bonds. The van der Waals surface area contributed by atoms with E-state index in [4.69, 9.17) is 9.84 Å². The van der Waals surface area contributed by atoms with Gasteiger partial charge in [0.2, 0.25) is 0 Å². The molecule has 0 bridgehead atoms. The molecule has 17 heavy (non-hydrogen) atoms. The van der Waals surface area contributed by atoms with Gasteiger partial charge in [-0.3, -0.25) is 9.69 Å². The molecule has 0 aromatic carbocycles. The normalized spacial score (nSPS) is 12.1. The minimum atomic E-state index is -4.36. The summed E-state index contributed by atoms with van der Waals surface area (Å²) in [6.07, 6.45) is -4.36. The maximum Gasteiger partial charge on any atom is 0.411 e. The minimum absolute atomic E-state index is 0.117. The first-order valence-corrected chi connectivity index (χ1v) is 4.92. The highest BCUT2D eigenvalue weighted by molar-refractivity contribution is 5.69. The van der Waals surface area contributed by atoms with E-state index in [-0.39, 0.29) is 19.7 Å². The number of ether oxygens (including phenoxy) is 2. The number of carbonyl (C=O) groups is 1. The van der Waals surface area contributed by atoms with Crippen LogP contribution >= 0.6 is 0 Å². The summed E-state index contributed by atoms with van der Waals surface area (Å²) in [7, 11) is 1.46. The van der Waals surface area contributed by atoms with Gasteiger partial charge in [-0.05, 0) is 0 Å². The third-order valence-electron chi connectivity index (χ3n) is 1.79. The number of halogens is 3. The fourth-order valence-electron chi connectivity index (χ4n) is 1.06. The van der Waals surface area contributed by atoms with Crippen molar-refractivity contribution < 1.29 is 32.5 Å². The first kappa shape index (κ1) is 16.1. The minimum Gasteiger partial charge on any atom is -0.480 e. The first-order chi connectivity index (χ1) is 7.85. The van der Waals surface area contributed by atoms with Gasteiger partial charge < -0.3 is 14.6 Å². The Morgan fingerprint density at radius 1 is 1.29 bits per heavy atom. The quantitative estimate of drug-likeness (QED) is 0.614. The van der Waals surface area contributed by atoms with Gasteiger partial charge >= 0.3 is 12.1 Å². The average Bonchev–Trinajstić information content (AvgIpc) is 2.18. The Labute approximate surface area is 97.1 Å². The molecule has 0 radical (unpaired) electrons. The smallest absolute Gasteiger partial charge is 0.411 e. The van der Waals surface area contributed by atoms with Crippen molar-refractivity contribution >= 4 is 5.97 Å². The second-order valence-electron chi connectivity index (χ2n) is 3.33. The van der Waals surface area contributed by atoms with Crippen LogP contribution in [0.1, 0.15) is 0 Å². The summed E-state index contributed by atoms with van der Waals surface area (Å²) in [5.74, 6) is -1.04. The summed E-state index contributed by atoms with van der Waals surface area (Å²) in [6, 6.07) is 0. The zero-order valence-corrected chi connectivity index (χ0v) is 9.50. The van der Waals surface area contributed by atoms with Crippen molar-refractivity contribution in [2.75, 3.05) is 46.6 Å². The van der Waals surface area contributed by atoms with E-state index in [0.29, 0.717) is 13.2 Å². The van der Waals surface area contributed by atoms with Gasteiger partial charge in [-0.15, -0.1) is 0 Å². The van der Waals surface area contributed by atoms with Crippen LogP contribution in [0, 0.1) is 0 Å². The number of carboxylic acid groups (broad SMARTS) is 1. The molecule has 0 aliphatic heterocycles. The number of hydrogen-bond donors (Lipinski definition) is 1. The van der Waals surface area contributed by atoms with Crippen molar-refractivity contribution in [1.82, 2.24) is 4.90 Å². The summed E-state index contributed by atoms with van der Waals surface area (Å²) in [6.45, 7) is -0.982. The SMILES string of the molecule is COCCN(CCOCC(F)(F)F)CC(=O)O. The van der Waals surface area contributed by atoms with E-state index in [1.165, 1.54) is 12.0 Å². The van der Waals surface area contributed by atoms with E-state index in [0.717, 1.165) is 0 Å². The van der Waals surface area contributed by atoms with E-state index >= 15 is 0 Å². The van der Waals surface area contributed by atoms with Gasteiger partial charge in [0.25, 0.3) is 0 Å². The van der Waals surface area contributed by atoms with Crippen LogP contribution in [0.4, 0.5) is 13.2 Å². The summed E-state index contributed by atoms with van der Waals surface area (Å²) in [4.78, 5) is 11.9. The molecular formula is C9H16F3NO4. The lowest BCUT2D eigenvalue weighted by molar-refractivity contribution is -0.175. The van der Waals surface area contributed by atoms with Gasteiger partial charge in [0.1, 0.15) is 6.61 Å². The van der Waals surface area contributed by atoms with Crippen molar-refractivity contribution in [2.24, 2.45) is 0 Å². The zero-order chi connectivity index (χ0) is 13.3. The van der Waals surface area contributed by atoms with Crippen LogP contribution in [0.15, 0.2) is 0 Å². The van der Waals surface area contributed by atoms with Crippen LogP contribution in [0.2, 0.25) is 0 Å². The van der Waals surface area contributed by atoms with Gasteiger partial charge in [-0.2, -0.15) is 13.2 Å². The zero-order valence-electron chi connectivity index (χ0n) is 9.50. The van der Waals surface area contributed by atoms with E-state index in [2.05, 4.69) is 4.74 Å². The Hall–Kier alpha value is -0.860. The Morgan fingerprint density at radius 3 is 2.35 bits per heavy atom. The van der Waals surface area contributed by atoms with E-state index in [1.54, 1.807) is 0 Å². The molecule has 0 spiro atoms. The molecule has 0 aromatic rings. The summed E-state index contributed by atoms with van der Waals surface area (Å²) in [5, 5.41) is 8.57. The number of rotatable bonds is 9. The fourth-order valence-corrected chi connectivity index (χ4v) is 1.06. The highest BCUT2D eigenvalue weighted by atomic mass is 19.4. The Balaban J connectivity index is 3.78. The summed E-state index contributed by atoms with van der Waals surface area (Å²) >= 11 is 0. The molecule has 0 unspecified atom stereocenters. The standard InChI is InChI=1S/C9H16F3NO4/c1-16-4-2-13(6-8(14)15)3-5-17-7-9(10,11)12/h2-7H2,1H3,(H,14,15). The molecule has 0 aliphatic carbocycles. The van der Waals surface area contributed by atoms with Crippen LogP contribution < -0.4 is 0 Å². The highest BCUT2D eigenvalue weighted by Crippen LogP contribution is 2.14. The van der Waals surface area contributed by atoms with Crippen LogP contribution in [0.25, 0.3) is 0 Å². The second-order valence-corrected chi connectivity index (χ2v) is 3.33. The maximum absolute atomic E-state index is 11.7. The highest BCUT2D eigenvalue weighted by Gasteiger charge is 2.27. The number of nitrogens with zero attached hydrogens (tertiary/aromatic N) is 1. The molecule has 0 aromatic heterocycles. The second kappa shape index (κ2) is 8.26. The summed E-state index contributed by atoms with van der Waals surface area (Å²) < 4.78 is 44.4. The number of alkyl halides is 3. The Bertz CT molecular complexity index is 223. The number of methoxy groups -OCH3 is 1.